The highest BCUT2D eigenvalue weighted by molar-refractivity contribution is 7.89. The van der Waals surface area contributed by atoms with Gasteiger partial charge in [0, 0.05) is 6.54 Å². The molecule has 6 rings (SSSR count). The van der Waals surface area contributed by atoms with Crippen LogP contribution in [0.3, 0.4) is 0 Å². The summed E-state index contributed by atoms with van der Waals surface area (Å²) in [6.45, 7) is 0.285. The molecular weight excluding hydrogens is 423 g/mol. The van der Waals surface area contributed by atoms with E-state index in [0.717, 1.165) is 38.2 Å². The van der Waals surface area contributed by atoms with Gasteiger partial charge in [-0.3, -0.25) is 9.59 Å². The molecule has 5 aliphatic carbocycles. The van der Waals surface area contributed by atoms with Gasteiger partial charge < -0.3 is 10.4 Å². The summed E-state index contributed by atoms with van der Waals surface area (Å²) in [4.78, 5) is 23.9. The summed E-state index contributed by atoms with van der Waals surface area (Å²) >= 11 is 0. The zero-order chi connectivity index (χ0) is 22.0. The summed E-state index contributed by atoms with van der Waals surface area (Å²) in [5, 5.41) is 13.1. The quantitative estimate of drug-likeness (QED) is 0.527. The van der Waals surface area contributed by atoms with Crippen LogP contribution >= 0.6 is 0 Å². The number of halogens is 1. The molecule has 0 spiro atoms. The molecule has 4 bridgehead atoms. The number of carboxylic acid groups (broad SMARTS) is 1. The number of carbonyl (C=O) groups excluding carboxylic acids is 1. The van der Waals surface area contributed by atoms with Gasteiger partial charge in [0.1, 0.15) is 10.7 Å². The van der Waals surface area contributed by atoms with Crippen molar-refractivity contribution in [2.75, 3.05) is 6.54 Å². The number of hydrogen-bond donors (Lipinski definition) is 3. The molecule has 9 heteroatoms. The van der Waals surface area contributed by atoms with E-state index in [0.29, 0.717) is 30.7 Å². The van der Waals surface area contributed by atoms with Crippen molar-refractivity contribution in [3.05, 3.63) is 29.6 Å². The number of nitrogens with one attached hydrogen (secondary N) is 2. The van der Waals surface area contributed by atoms with Crippen LogP contribution in [0, 0.1) is 34.9 Å². The summed E-state index contributed by atoms with van der Waals surface area (Å²) in [6, 6.07) is 3.81. The Morgan fingerprint density at radius 1 is 1.19 bits per heavy atom. The topological polar surface area (TPSA) is 113 Å². The van der Waals surface area contributed by atoms with Gasteiger partial charge in [0.2, 0.25) is 16.4 Å². The van der Waals surface area contributed by atoms with Crippen LogP contribution in [0.1, 0.15) is 50.5 Å². The first-order valence-electron chi connectivity index (χ1n) is 11.0. The Morgan fingerprint density at radius 3 is 2.42 bits per heavy atom. The number of aliphatic carboxylic acids is 1. The maximum absolute atomic E-state index is 15.2. The fourth-order valence-corrected chi connectivity index (χ4v) is 8.09. The molecule has 0 radical (unpaired) electrons. The Labute approximate surface area is 180 Å². The molecule has 0 aromatic heterocycles. The van der Waals surface area contributed by atoms with Gasteiger partial charge in [-0.15, -0.1) is 0 Å². The van der Waals surface area contributed by atoms with Crippen LogP contribution in [0.25, 0.3) is 0 Å². The molecule has 3 atom stereocenters. The summed E-state index contributed by atoms with van der Waals surface area (Å²) in [7, 11) is -4.01. The SMILES string of the molecule is O=CNC1(c2ccc(S(=O)(=O)NCC3CC3)c(F)c2)C2CC3CC(C2)CC1(C(=O)O)C3. The Balaban J connectivity index is 1.58. The van der Waals surface area contributed by atoms with E-state index in [1.807, 2.05) is 0 Å². The molecule has 0 aliphatic heterocycles. The second-order valence-corrected chi connectivity index (χ2v) is 11.7. The lowest BCUT2D eigenvalue weighted by Crippen LogP contribution is -2.70. The first-order chi connectivity index (χ1) is 14.7. The Hall–Kier alpha value is -2.00. The van der Waals surface area contributed by atoms with Crippen molar-refractivity contribution in [3.63, 3.8) is 0 Å². The molecule has 5 aliphatic rings. The largest absolute Gasteiger partial charge is 0.481 e. The van der Waals surface area contributed by atoms with E-state index >= 15 is 4.39 Å². The smallest absolute Gasteiger partial charge is 0.312 e. The van der Waals surface area contributed by atoms with Gasteiger partial charge in [-0.05, 0) is 86.3 Å². The number of amides is 1. The highest BCUT2D eigenvalue weighted by atomic mass is 32.2. The van der Waals surface area contributed by atoms with Gasteiger partial charge >= 0.3 is 5.97 Å². The minimum Gasteiger partial charge on any atom is -0.481 e. The lowest BCUT2D eigenvalue weighted by molar-refractivity contribution is -0.190. The molecule has 1 amide bonds. The van der Waals surface area contributed by atoms with Crippen molar-refractivity contribution in [3.8, 4) is 0 Å². The third kappa shape index (κ3) is 3.03. The van der Waals surface area contributed by atoms with E-state index in [-0.39, 0.29) is 24.3 Å². The molecule has 7 nitrogen and oxygen atoms in total. The van der Waals surface area contributed by atoms with Crippen LogP contribution in [-0.2, 0) is 25.2 Å². The fraction of sp³-hybridized carbons (Fsp3) is 0.636. The maximum atomic E-state index is 15.2. The predicted octanol–water partition coefficient (Wildman–Crippen LogP) is 2.37. The number of rotatable bonds is 8. The lowest BCUT2D eigenvalue weighted by atomic mass is 9.40. The molecule has 1 aromatic rings. The summed E-state index contributed by atoms with van der Waals surface area (Å²) < 4.78 is 42.8. The summed E-state index contributed by atoms with van der Waals surface area (Å²) in [6.07, 6.45) is 5.85. The maximum Gasteiger partial charge on any atom is 0.312 e. The number of carboxylic acids is 1. The molecular formula is C22H27FN2O5S. The summed E-state index contributed by atoms with van der Waals surface area (Å²) in [5.74, 6) is -1.17. The van der Waals surface area contributed by atoms with Gasteiger partial charge in [0.25, 0.3) is 0 Å². The third-order valence-electron chi connectivity index (χ3n) is 8.18. The van der Waals surface area contributed by atoms with Gasteiger partial charge in [0.15, 0.2) is 0 Å². The van der Waals surface area contributed by atoms with E-state index in [2.05, 4.69) is 10.0 Å². The number of benzene rings is 1. The van der Waals surface area contributed by atoms with Crippen LogP contribution in [0.5, 0.6) is 0 Å². The van der Waals surface area contributed by atoms with Gasteiger partial charge in [-0.25, -0.2) is 17.5 Å². The Morgan fingerprint density at radius 2 is 1.87 bits per heavy atom. The van der Waals surface area contributed by atoms with E-state index < -0.39 is 37.7 Å². The van der Waals surface area contributed by atoms with Gasteiger partial charge in [-0.2, -0.15) is 0 Å². The van der Waals surface area contributed by atoms with Crippen LogP contribution < -0.4 is 10.0 Å². The average Bonchev–Trinajstić information content (AvgIpc) is 3.53. The van der Waals surface area contributed by atoms with Crippen LogP contribution in [0.2, 0.25) is 0 Å². The highest BCUT2D eigenvalue weighted by Gasteiger charge is 2.69. The number of carbonyl (C=O) groups is 2. The first kappa shape index (κ1) is 20.9. The molecule has 1 aromatic carbocycles. The molecule has 168 valence electrons. The minimum atomic E-state index is -4.01. The van der Waals surface area contributed by atoms with Crippen molar-refractivity contribution >= 4 is 22.4 Å². The standard InChI is InChI=1S/C22H27FN2O5S/c23-18-8-16(3-4-19(18)31(29,30)25-11-13-1-2-13)22(24-12-26)17-6-14-5-15(7-17)10-21(22,9-14)20(27)28/h3-4,8,12-15,17,25H,1-2,5-7,9-11H2,(H,24,26)(H,27,28). The van der Waals surface area contributed by atoms with Crippen molar-refractivity contribution in [2.24, 2.45) is 29.1 Å². The zero-order valence-electron chi connectivity index (χ0n) is 17.1. The van der Waals surface area contributed by atoms with Crippen molar-refractivity contribution in [1.82, 2.24) is 10.0 Å². The molecule has 0 saturated heterocycles. The Bertz CT molecular complexity index is 1030. The fourth-order valence-electron chi connectivity index (χ4n) is 6.91. The molecule has 5 saturated carbocycles. The molecule has 5 fully saturated rings. The zero-order valence-corrected chi connectivity index (χ0v) is 18.0. The Kier molecular flexibility index (Phi) is 4.71. The molecule has 3 N–H and O–H groups in total. The second-order valence-electron chi connectivity index (χ2n) is 9.94. The van der Waals surface area contributed by atoms with Crippen LogP contribution in [0.4, 0.5) is 4.39 Å². The highest BCUT2D eigenvalue weighted by Crippen LogP contribution is 2.68. The van der Waals surface area contributed by atoms with Gasteiger partial charge in [-0.1, -0.05) is 6.07 Å². The normalized spacial score (nSPS) is 36.4. The number of sulfonamides is 1. The van der Waals surface area contributed by atoms with Crippen LogP contribution in [-0.4, -0.2) is 32.4 Å². The van der Waals surface area contributed by atoms with E-state index in [1.54, 1.807) is 0 Å². The number of hydrogen-bond acceptors (Lipinski definition) is 4. The average molecular weight is 451 g/mol. The molecule has 3 unspecified atom stereocenters. The van der Waals surface area contributed by atoms with E-state index in [1.165, 1.54) is 12.1 Å². The molecule has 0 heterocycles. The van der Waals surface area contributed by atoms with E-state index in [9.17, 15) is 23.1 Å². The van der Waals surface area contributed by atoms with Crippen molar-refractivity contribution < 1.29 is 27.5 Å². The molecule has 31 heavy (non-hydrogen) atoms. The minimum absolute atomic E-state index is 0.130. The van der Waals surface area contributed by atoms with E-state index in [4.69, 9.17) is 0 Å². The first-order valence-corrected chi connectivity index (χ1v) is 12.4. The second kappa shape index (κ2) is 7.00. The van der Waals surface area contributed by atoms with Crippen molar-refractivity contribution in [1.29, 1.82) is 0 Å². The predicted molar refractivity (Wildman–Crippen MR) is 109 cm³/mol. The van der Waals surface area contributed by atoms with Crippen LogP contribution in [0.15, 0.2) is 23.1 Å². The summed E-state index contributed by atoms with van der Waals surface area (Å²) in [5.41, 5.74) is -2.14. The monoisotopic (exact) mass is 450 g/mol. The van der Waals surface area contributed by atoms with Gasteiger partial charge in [0.05, 0.1) is 11.0 Å². The third-order valence-corrected chi connectivity index (χ3v) is 9.63. The lowest BCUT2D eigenvalue weighted by Gasteiger charge is -2.65. The van der Waals surface area contributed by atoms with Crippen molar-refractivity contribution in [2.45, 2.75) is 55.4 Å².